The van der Waals surface area contributed by atoms with Gasteiger partial charge in [-0.25, -0.2) is 14.2 Å². The molecule has 4 aromatic rings. The first-order chi connectivity index (χ1) is 15.5. The van der Waals surface area contributed by atoms with Crippen LogP contribution >= 0.6 is 0 Å². The highest BCUT2D eigenvalue weighted by Gasteiger charge is 2.41. The molecule has 1 aliphatic heterocycles. The van der Waals surface area contributed by atoms with Gasteiger partial charge in [-0.1, -0.05) is 36.4 Å². The zero-order valence-electron chi connectivity index (χ0n) is 17.5. The van der Waals surface area contributed by atoms with Crippen molar-refractivity contribution in [3.05, 3.63) is 95.5 Å². The van der Waals surface area contributed by atoms with Gasteiger partial charge < -0.3 is 10.2 Å². The number of anilines is 2. The number of aryl methyl sites for hydroxylation is 1. The molecule has 0 saturated heterocycles. The maximum absolute atomic E-state index is 14.8. The Morgan fingerprint density at radius 2 is 1.94 bits per heavy atom. The Morgan fingerprint density at radius 3 is 2.69 bits per heavy atom. The topological polar surface area (TPSA) is 85.0 Å². The number of halogens is 1. The number of nitrogens with zero attached hydrogens (tertiary/aromatic N) is 2. The van der Waals surface area contributed by atoms with Crippen LogP contribution in [0.15, 0.2) is 71.3 Å². The van der Waals surface area contributed by atoms with Crippen LogP contribution in [0.2, 0.25) is 0 Å². The van der Waals surface area contributed by atoms with Crippen LogP contribution in [0.5, 0.6) is 0 Å². The van der Waals surface area contributed by atoms with E-state index in [1.807, 2.05) is 49.4 Å². The second-order valence-corrected chi connectivity index (χ2v) is 7.91. The van der Waals surface area contributed by atoms with Crippen LogP contribution in [0.4, 0.5) is 15.9 Å². The van der Waals surface area contributed by atoms with Crippen LogP contribution in [0.3, 0.4) is 0 Å². The van der Waals surface area contributed by atoms with Crippen molar-refractivity contribution in [2.45, 2.75) is 25.8 Å². The van der Waals surface area contributed by atoms with Gasteiger partial charge in [0.15, 0.2) is 5.82 Å². The van der Waals surface area contributed by atoms with Crippen LogP contribution < -0.4 is 15.6 Å². The standard InChI is InChI=1S/C25H21FN4O2/c1-15-10-11-17(32-15)13-21-25(31)30-14-22(18-8-5-9-19(27)23(18)26)28-20(24(30)29-21)12-16-6-3-2-4-7-16/h2-11,14,21H,12-13,27H2,1H3/p+1. The highest BCUT2D eigenvalue weighted by atomic mass is 19.1. The van der Waals surface area contributed by atoms with Crippen LogP contribution in [-0.4, -0.2) is 16.9 Å². The summed E-state index contributed by atoms with van der Waals surface area (Å²) >= 11 is 0. The first-order valence-electron chi connectivity index (χ1n) is 10.4. The van der Waals surface area contributed by atoms with Gasteiger partial charge in [-0.3, -0.25) is 5.32 Å². The summed E-state index contributed by atoms with van der Waals surface area (Å²) in [6, 6.07) is 17.9. The Morgan fingerprint density at radius 1 is 1.12 bits per heavy atom. The van der Waals surface area contributed by atoms with E-state index in [0.717, 1.165) is 17.1 Å². The molecule has 160 valence electrons. The maximum Gasteiger partial charge on any atom is 0.359 e. The van der Waals surface area contributed by atoms with Crippen molar-refractivity contribution in [2.24, 2.45) is 0 Å². The monoisotopic (exact) mass is 429 g/mol. The van der Waals surface area contributed by atoms with Gasteiger partial charge in [0.2, 0.25) is 6.04 Å². The van der Waals surface area contributed by atoms with E-state index in [-0.39, 0.29) is 17.2 Å². The zero-order valence-corrected chi connectivity index (χ0v) is 17.5. The van der Waals surface area contributed by atoms with E-state index in [4.69, 9.17) is 15.1 Å². The number of furan rings is 1. The number of hydrogen-bond acceptors (Lipinski definition) is 5. The molecule has 0 bridgehead atoms. The third-order valence-corrected chi connectivity index (χ3v) is 5.59. The maximum atomic E-state index is 14.8. The quantitative estimate of drug-likeness (QED) is 0.371. The fourth-order valence-electron chi connectivity index (χ4n) is 4.00. The van der Waals surface area contributed by atoms with Gasteiger partial charge in [-0.15, -0.1) is 0 Å². The predicted molar refractivity (Wildman–Crippen MR) is 119 cm³/mol. The minimum atomic E-state index is -0.549. The Kier molecular flexibility index (Phi) is 4.93. The number of hydrogen-bond donors (Lipinski definition) is 2. The van der Waals surface area contributed by atoms with Crippen molar-refractivity contribution in [3.8, 4) is 11.3 Å². The molecular weight excluding hydrogens is 407 g/mol. The molecule has 1 aliphatic rings. The largest absolute Gasteiger partial charge is 0.466 e. The highest BCUT2D eigenvalue weighted by Crippen LogP contribution is 2.28. The first kappa shape index (κ1) is 19.9. The second-order valence-electron chi connectivity index (χ2n) is 7.91. The molecule has 0 amide bonds. The molecule has 1 unspecified atom stereocenters. The number of nitrogens with one attached hydrogen (secondary N) is 1. The van der Waals surface area contributed by atoms with Crippen molar-refractivity contribution >= 4 is 17.4 Å². The van der Waals surface area contributed by atoms with Crippen molar-refractivity contribution in [1.29, 1.82) is 0 Å². The van der Waals surface area contributed by atoms with Crippen LogP contribution in [0.25, 0.3) is 11.3 Å². The molecule has 0 aliphatic carbocycles. The van der Waals surface area contributed by atoms with Crippen LogP contribution in [0.1, 0.15) is 27.6 Å². The summed E-state index contributed by atoms with van der Waals surface area (Å²) < 4.78 is 22.0. The number of nitrogen functional groups attached to an aromatic ring is 1. The fourth-order valence-corrected chi connectivity index (χ4v) is 4.00. The summed E-state index contributed by atoms with van der Waals surface area (Å²) in [5, 5.41) is 3.31. The molecule has 7 heteroatoms. The lowest BCUT2D eigenvalue weighted by Crippen LogP contribution is -2.44. The lowest BCUT2D eigenvalue weighted by molar-refractivity contribution is -0.552. The molecule has 0 fully saturated rings. The summed E-state index contributed by atoms with van der Waals surface area (Å²) in [7, 11) is 0. The minimum absolute atomic E-state index is 0.0370. The van der Waals surface area contributed by atoms with E-state index in [1.54, 1.807) is 18.3 Å². The summed E-state index contributed by atoms with van der Waals surface area (Å²) in [4.78, 5) is 18.0. The summed E-state index contributed by atoms with van der Waals surface area (Å²) in [6.45, 7) is 1.87. The van der Waals surface area contributed by atoms with Gasteiger partial charge in [-0.05, 0) is 36.8 Å². The third kappa shape index (κ3) is 3.62. The normalized spacial score (nSPS) is 14.9. The van der Waals surface area contributed by atoms with E-state index in [0.29, 0.717) is 30.0 Å². The fraction of sp³-hybridized carbons (Fsp3) is 0.160. The molecule has 0 saturated carbocycles. The van der Waals surface area contributed by atoms with Gasteiger partial charge >= 0.3 is 11.7 Å². The molecular formula is C25H22FN4O2+. The molecule has 32 heavy (non-hydrogen) atoms. The van der Waals surface area contributed by atoms with Crippen molar-refractivity contribution in [3.63, 3.8) is 0 Å². The lowest BCUT2D eigenvalue weighted by atomic mass is 10.1. The van der Waals surface area contributed by atoms with Gasteiger partial charge in [0, 0.05) is 12.0 Å². The molecule has 0 radical (unpaired) electrons. The van der Waals surface area contributed by atoms with Crippen molar-refractivity contribution in [2.75, 3.05) is 11.1 Å². The van der Waals surface area contributed by atoms with Crippen LogP contribution in [-0.2, 0) is 12.8 Å². The Bertz CT molecular complexity index is 1320. The number of fused-ring (bicyclic) bond motifs is 1. The predicted octanol–water partition coefficient (Wildman–Crippen LogP) is 3.93. The highest BCUT2D eigenvalue weighted by molar-refractivity contribution is 5.82. The van der Waals surface area contributed by atoms with E-state index >= 15 is 0 Å². The molecule has 3 N–H and O–H groups in total. The number of rotatable bonds is 5. The number of nitrogens with two attached hydrogens (primary N) is 1. The minimum Gasteiger partial charge on any atom is -0.466 e. The smallest absolute Gasteiger partial charge is 0.359 e. The van der Waals surface area contributed by atoms with E-state index in [2.05, 4.69) is 5.32 Å². The van der Waals surface area contributed by atoms with Crippen molar-refractivity contribution in [1.82, 2.24) is 4.98 Å². The van der Waals surface area contributed by atoms with E-state index in [1.165, 1.54) is 10.6 Å². The van der Waals surface area contributed by atoms with E-state index in [9.17, 15) is 9.18 Å². The van der Waals surface area contributed by atoms with Gasteiger partial charge in [0.25, 0.3) is 0 Å². The average Bonchev–Trinajstić information content (AvgIpc) is 3.34. The average molecular weight is 429 g/mol. The molecule has 1 atom stereocenters. The summed E-state index contributed by atoms with van der Waals surface area (Å²) in [5.41, 5.74) is 8.11. The summed E-state index contributed by atoms with van der Waals surface area (Å²) in [5.74, 6) is 1.44. The molecule has 2 aromatic carbocycles. The van der Waals surface area contributed by atoms with Crippen LogP contribution in [0, 0.1) is 12.7 Å². The van der Waals surface area contributed by atoms with Crippen molar-refractivity contribution < 1.29 is 18.2 Å². The molecule has 0 spiro atoms. The van der Waals surface area contributed by atoms with E-state index < -0.39 is 11.9 Å². The Balaban J connectivity index is 1.58. The number of carbonyl (C=O) groups excluding carboxylic acids is 1. The molecule has 6 nitrogen and oxygen atoms in total. The SMILES string of the molecule is Cc1ccc(CC2Nc3c(Cc4ccccc4)nc(-c4cccc(N)c4F)c[n+]3C2=O)o1. The van der Waals surface area contributed by atoms with Gasteiger partial charge in [0.05, 0.1) is 12.1 Å². The zero-order chi connectivity index (χ0) is 22.2. The Labute approximate surface area is 184 Å². The molecule has 3 heterocycles. The Hall–Kier alpha value is -4.00. The molecule has 5 rings (SSSR count). The van der Waals surface area contributed by atoms with Gasteiger partial charge in [0.1, 0.15) is 29.1 Å². The first-order valence-corrected chi connectivity index (χ1v) is 10.4. The second kappa shape index (κ2) is 7.92. The third-order valence-electron chi connectivity index (χ3n) is 5.59. The van der Waals surface area contributed by atoms with Gasteiger partial charge in [-0.2, -0.15) is 4.57 Å². The number of benzene rings is 2. The number of carbonyl (C=O) groups is 1. The molecule has 2 aromatic heterocycles. The summed E-state index contributed by atoms with van der Waals surface area (Å²) in [6.07, 6.45) is 2.46. The number of aromatic nitrogens is 2. The lowest BCUT2D eigenvalue weighted by Gasteiger charge is -2.08.